The maximum Gasteiger partial charge on any atom is 0.409 e. The number of ether oxygens (including phenoxy) is 3. The van der Waals surface area contributed by atoms with Gasteiger partial charge in [-0.1, -0.05) is 42.5 Å². The fourth-order valence-corrected chi connectivity index (χ4v) is 6.70. The third-order valence-electron chi connectivity index (χ3n) is 7.38. The number of methoxy groups -OCH3 is 2. The summed E-state index contributed by atoms with van der Waals surface area (Å²) in [6, 6.07) is 20.4. The van der Waals surface area contributed by atoms with Crippen molar-refractivity contribution in [1.82, 2.24) is 3.11 Å². The van der Waals surface area contributed by atoms with Crippen molar-refractivity contribution in [3.8, 4) is 17.2 Å². The third-order valence-corrected chi connectivity index (χ3v) is 9.56. The number of amides is 1. The molecule has 0 aromatic heterocycles. The lowest BCUT2D eigenvalue weighted by Gasteiger charge is -2.58. The van der Waals surface area contributed by atoms with E-state index in [0.29, 0.717) is 30.4 Å². The van der Waals surface area contributed by atoms with Crippen LogP contribution >= 0.6 is 45.5 Å². The Morgan fingerprint density at radius 3 is 2.29 bits per heavy atom. The number of ketones is 1. The quantitative estimate of drug-likeness (QED) is 0.139. The predicted molar refractivity (Wildman–Crippen MR) is 173 cm³/mol. The van der Waals surface area contributed by atoms with Crippen LogP contribution in [-0.2, 0) is 11.4 Å². The molecule has 3 fully saturated rings. The first-order valence-electron chi connectivity index (χ1n) is 13.0. The highest BCUT2D eigenvalue weighted by Crippen LogP contribution is 2.52. The van der Waals surface area contributed by atoms with Gasteiger partial charge < -0.3 is 24.4 Å². The van der Waals surface area contributed by atoms with Crippen LogP contribution in [0.2, 0.25) is 0 Å². The zero-order valence-electron chi connectivity index (χ0n) is 22.9. The van der Waals surface area contributed by atoms with Crippen molar-refractivity contribution in [1.29, 1.82) is 0 Å². The number of nitrogens with zero attached hydrogens (tertiary/aromatic N) is 1. The number of anilines is 1. The Bertz CT molecular complexity index is 1440. The topological polar surface area (TPSA) is 135 Å². The number of hydrogen-bond donors (Lipinski definition) is 3. The van der Waals surface area contributed by atoms with Crippen LogP contribution in [0.3, 0.4) is 0 Å². The number of Topliss-reactive ketones (excluding diaryl/α,β-unsaturated/α-hetero) is 1. The first-order chi connectivity index (χ1) is 20.1. The van der Waals surface area contributed by atoms with Gasteiger partial charge in [0.05, 0.1) is 38.1 Å². The maximum atomic E-state index is 12.1. The molecule has 3 aliphatic rings. The molecule has 42 heavy (non-hydrogen) atoms. The smallest absolute Gasteiger partial charge is 0.409 e. The SMILES string of the molecule is COc1cc(C(=O)I)c(NC(=O)O)cc1OCc1ccccc1.COc1ccc(C2CC3C(=O)C(CO)(C2)N3I)cc1. The van der Waals surface area contributed by atoms with Gasteiger partial charge in [-0.2, -0.15) is 0 Å². The molecule has 1 saturated carbocycles. The van der Waals surface area contributed by atoms with Crippen molar-refractivity contribution >= 4 is 66.8 Å². The van der Waals surface area contributed by atoms with Crippen LogP contribution in [0.5, 0.6) is 17.2 Å². The van der Waals surface area contributed by atoms with Gasteiger partial charge in [-0.15, -0.1) is 0 Å². The summed E-state index contributed by atoms with van der Waals surface area (Å²) in [5.74, 6) is 2.09. The second kappa shape index (κ2) is 14.0. The second-order valence-corrected chi connectivity index (χ2v) is 11.8. The molecule has 2 heterocycles. The summed E-state index contributed by atoms with van der Waals surface area (Å²) < 4.78 is 17.8. The lowest BCUT2D eigenvalue weighted by Crippen LogP contribution is -2.75. The Morgan fingerprint density at radius 1 is 1.05 bits per heavy atom. The van der Waals surface area contributed by atoms with Gasteiger partial charge in [0.2, 0.25) is 3.79 Å². The van der Waals surface area contributed by atoms with Crippen molar-refractivity contribution in [3.05, 3.63) is 83.4 Å². The molecule has 3 unspecified atom stereocenters. The van der Waals surface area contributed by atoms with Gasteiger partial charge in [-0.05, 0) is 48.1 Å². The van der Waals surface area contributed by atoms with E-state index in [0.717, 1.165) is 17.7 Å². The Labute approximate surface area is 271 Å². The van der Waals surface area contributed by atoms with E-state index in [-0.39, 0.29) is 33.5 Å². The van der Waals surface area contributed by atoms with E-state index < -0.39 is 11.6 Å². The molecular formula is C30H30I2N2O8. The van der Waals surface area contributed by atoms with Crippen LogP contribution in [0.15, 0.2) is 66.7 Å². The number of carboxylic acid groups (broad SMARTS) is 1. The van der Waals surface area contributed by atoms with E-state index in [9.17, 15) is 19.5 Å². The Hall–Kier alpha value is -2.95. The Morgan fingerprint density at radius 2 is 1.74 bits per heavy atom. The molecule has 2 aliphatic heterocycles. The molecule has 2 bridgehead atoms. The summed E-state index contributed by atoms with van der Waals surface area (Å²) >= 11 is 3.76. The van der Waals surface area contributed by atoms with Gasteiger partial charge in [0.1, 0.15) is 17.9 Å². The molecule has 3 atom stereocenters. The van der Waals surface area contributed by atoms with Crippen molar-refractivity contribution in [2.24, 2.45) is 0 Å². The molecule has 2 saturated heterocycles. The molecule has 222 valence electrons. The number of rotatable bonds is 9. The summed E-state index contributed by atoms with van der Waals surface area (Å²) in [6.45, 7) is 0.208. The van der Waals surface area contributed by atoms with E-state index in [4.69, 9.17) is 19.3 Å². The molecule has 3 aromatic carbocycles. The first-order valence-corrected chi connectivity index (χ1v) is 15.0. The number of aliphatic hydroxyl groups is 1. The zero-order chi connectivity index (χ0) is 30.4. The number of hydrogen-bond acceptors (Lipinski definition) is 8. The fraction of sp³-hybridized carbons (Fsp3) is 0.300. The van der Waals surface area contributed by atoms with Crippen molar-refractivity contribution < 1.29 is 38.8 Å². The zero-order valence-corrected chi connectivity index (χ0v) is 27.2. The highest BCUT2D eigenvalue weighted by Gasteiger charge is 2.63. The number of fused-ring (bicyclic) bond motifs is 2. The van der Waals surface area contributed by atoms with Crippen LogP contribution in [0.25, 0.3) is 0 Å². The number of nitrogens with one attached hydrogen (secondary N) is 1. The molecule has 0 radical (unpaired) electrons. The van der Waals surface area contributed by atoms with Gasteiger partial charge in [-0.3, -0.25) is 14.9 Å². The average molecular weight is 800 g/mol. The summed E-state index contributed by atoms with van der Waals surface area (Å²) in [5, 5.41) is 20.7. The van der Waals surface area contributed by atoms with Gasteiger partial charge in [-0.25, -0.2) is 7.91 Å². The largest absolute Gasteiger partial charge is 0.497 e. The summed E-state index contributed by atoms with van der Waals surface area (Å²) in [4.78, 5) is 34.6. The monoisotopic (exact) mass is 800 g/mol. The van der Waals surface area contributed by atoms with E-state index in [1.165, 1.54) is 24.8 Å². The van der Waals surface area contributed by atoms with Crippen LogP contribution in [0.1, 0.15) is 40.2 Å². The second-order valence-electron chi connectivity index (χ2n) is 9.82. The van der Waals surface area contributed by atoms with E-state index >= 15 is 0 Å². The van der Waals surface area contributed by atoms with Gasteiger partial charge >= 0.3 is 6.09 Å². The van der Waals surface area contributed by atoms with E-state index in [1.807, 2.05) is 45.6 Å². The minimum atomic E-state index is -1.26. The minimum Gasteiger partial charge on any atom is -0.497 e. The standard InChI is InChI=1S/C16H14INO5.C14H16INO3/c1-22-13-7-11(15(17)19)12(18-16(20)21)8-14(13)23-9-10-5-3-2-4-6-10;1-19-11-4-2-9(3-5-11)10-6-12-13(18)14(7-10,8-17)16(12)15/h2-8,18H,9H2,1H3,(H,20,21);2-5,10,12,17H,6-8H2,1H3. The number of carbonyl (C=O) groups is 3. The normalized spacial score (nSPS) is 20.8. The van der Waals surface area contributed by atoms with Crippen molar-refractivity contribution in [2.45, 2.75) is 36.9 Å². The van der Waals surface area contributed by atoms with Gasteiger partial charge in [0, 0.05) is 51.5 Å². The molecule has 1 aliphatic carbocycles. The van der Waals surface area contributed by atoms with Crippen molar-refractivity contribution in [3.63, 3.8) is 0 Å². The lowest BCUT2D eigenvalue weighted by molar-refractivity contribution is -0.157. The lowest BCUT2D eigenvalue weighted by atomic mass is 9.64. The third kappa shape index (κ3) is 6.82. The Balaban J connectivity index is 0.000000196. The molecule has 3 aromatic rings. The highest BCUT2D eigenvalue weighted by atomic mass is 127. The molecule has 0 spiro atoms. The summed E-state index contributed by atoms with van der Waals surface area (Å²) in [5.41, 5.74) is 1.89. The first kappa shape index (κ1) is 32.0. The van der Waals surface area contributed by atoms with Crippen LogP contribution in [-0.4, -0.2) is 61.4 Å². The average Bonchev–Trinajstić information content (AvgIpc) is 3.01. The van der Waals surface area contributed by atoms with Crippen molar-refractivity contribution in [2.75, 3.05) is 26.1 Å². The van der Waals surface area contributed by atoms with Gasteiger partial charge in [0.25, 0.3) is 0 Å². The number of piperidine rings is 1. The fourth-order valence-electron chi connectivity index (χ4n) is 5.19. The van der Waals surface area contributed by atoms with Crippen LogP contribution < -0.4 is 19.5 Å². The summed E-state index contributed by atoms with van der Waals surface area (Å²) in [6.07, 6.45) is 0.285. The number of aliphatic hydroxyl groups excluding tert-OH is 1. The maximum absolute atomic E-state index is 12.1. The summed E-state index contributed by atoms with van der Waals surface area (Å²) in [7, 11) is 3.11. The number of carbonyl (C=O) groups excluding carboxylic acids is 2. The van der Waals surface area contributed by atoms with E-state index in [2.05, 4.69) is 40.3 Å². The number of halogens is 2. The van der Waals surface area contributed by atoms with E-state index in [1.54, 1.807) is 29.7 Å². The van der Waals surface area contributed by atoms with Gasteiger partial charge in [0.15, 0.2) is 17.3 Å². The predicted octanol–water partition coefficient (Wildman–Crippen LogP) is 5.85. The molecule has 3 N–H and O–H groups in total. The molecule has 10 nitrogen and oxygen atoms in total. The Kier molecular flexibility index (Phi) is 10.7. The van der Waals surface area contributed by atoms with Crippen LogP contribution in [0, 0.1) is 0 Å². The van der Waals surface area contributed by atoms with Crippen LogP contribution in [0.4, 0.5) is 10.5 Å². The number of benzene rings is 3. The molecule has 1 amide bonds. The minimum absolute atomic E-state index is 0.0337. The highest BCUT2D eigenvalue weighted by molar-refractivity contribution is 14.1. The molecular weight excluding hydrogens is 770 g/mol. The molecule has 6 rings (SSSR count). The molecule has 12 heteroatoms.